The predicted molar refractivity (Wildman–Crippen MR) is 115 cm³/mol. The molecule has 1 amide bonds. The summed E-state index contributed by atoms with van der Waals surface area (Å²) in [6.45, 7) is 1.66. The Labute approximate surface area is 188 Å². The Morgan fingerprint density at radius 2 is 1.78 bits per heavy atom. The van der Waals surface area contributed by atoms with Crippen LogP contribution in [0, 0.1) is 5.82 Å². The summed E-state index contributed by atoms with van der Waals surface area (Å²) < 4.78 is 40.6. The molecule has 1 atom stereocenters. The lowest BCUT2D eigenvalue weighted by atomic mass is 10.2. The largest absolute Gasteiger partial charge is 0.493 e. The van der Waals surface area contributed by atoms with E-state index in [2.05, 4.69) is 15.5 Å². The van der Waals surface area contributed by atoms with E-state index in [9.17, 15) is 9.18 Å². The van der Waals surface area contributed by atoms with Gasteiger partial charge in [-0.25, -0.2) is 4.39 Å². The molecule has 0 spiro atoms. The van der Waals surface area contributed by atoms with Crippen LogP contribution in [-0.4, -0.2) is 43.2 Å². The van der Waals surface area contributed by atoms with Crippen LogP contribution in [0.2, 0.25) is 0 Å². The minimum absolute atomic E-state index is 0.0147. The second-order valence-electron chi connectivity index (χ2n) is 6.35. The van der Waals surface area contributed by atoms with Crippen molar-refractivity contribution in [2.75, 3.05) is 32.4 Å². The van der Waals surface area contributed by atoms with E-state index in [4.69, 9.17) is 23.4 Å². The molecule has 0 saturated carbocycles. The summed E-state index contributed by atoms with van der Waals surface area (Å²) in [7, 11) is 4.47. The standard InChI is InChI=1S/C21H22FN3O6S/c1-12(30-15-8-6-5-7-14(15)22)20-24-25-21(31-20)32-11-18(26)23-13-9-16(27-2)19(29-4)17(10-13)28-3/h5-10,12H,11H2,1-4H3,(H,23,26)/t12-/m0/s1. The molecule has 170 valence electrons. The van der Waals surface area contributed by atoms with Gasteiger partial charge in [0.25, 0.3) is 11.1 Å². The van der Waals surface area contributed by atoms with E-state index in [0.29, 0.717) is 22.9 Å². The number of anilines is 1. The van der Waals surface area contributed by atoms with Crippen LogP contribution in [-0.2, 0) is 4.79 Å². The smallest absolute Gasteiger partial charge is 0.277 e. The zero-order valence-electron chi connectivity index (χ0n) is 17.9. The van der Waals surface area contributed by atoms with Crippen LogP contribution in [0.1, 0.15) is 18.9 Å². The monoisotopic (exact) mass is 463 g/mol. The fraction of sp³-hybridized carbons (Fsp3) is 0.286. The molecular weight excluding hydrogens is 441 g/mol. The lowest BCUT2D eigenvalue weighted by Crippen LogP contribution is -2.14. The minimum atomic E-state index is -0.665. The zero-order chi connectivity index (χ0) is 23.1. The quantitative estimate of drug-likeness (QED) is 0.445. The van der Waals surface area contributed by atoms with E-state index in [-0.39, 0.29) is 28.5 Å². The van der Waals surface area contributed by atoms with Gasteiger partial charge in [-0.1, -0.05) is 23.9 Å². The van der Waals surface area contributed by atoms with Crippen molar-refractivity contribution in [3.8, 4) is 23.0 Å². The number of aromatic nitrogens is 2. The summed E-state index contributed by atoms with van der Waals surface area (Å²) in [6.07, 6.45) is -0.665. The molecule has 0 bridgehead atoms. The van der Waals surface area contributed by atoms with Gasteiger partial charge in [-0.05, 0) is 19.1 Å². The number of hydrogen-bond donors (Lipinski definition) is 1. The van der Waals surface area contributed by atoms with E-state index in [1.165, 1.54) is 33.5 Å². The number of amides is 1. The number of benzene rings is 2. The van der Waals surface area contributed by atoms with Crippen molar-refractivity contribution < 1.29 is 32.5 Å². The van der Waals surface area contributed by atoms with Crippen LogP contribution >= 0.6 is 11.8 Å². The molecule has 11 heteroatoms. The van der Waals surface area contributed by atoms with Crippen molar-refractivity contribution in [3.05, 3.63) is 48.1 Å². The summed E-state index contributed by atoms with van der Waals surface area (Å²) >= 11 is 1.05. The molecule has 1 aromatic heterocycles. The molecule has 0 aliphatic carbocycles. The fourth-order valence-electron chi connectivity index (χ4n) is 2.70. The topological polar surface area (TPSA) is 105 Å². The Balaban J connectivity index is 1.58. The molecule has 0 aliphatic heterocycles. The number of hydrogen-bond acceptors (Lipinski definition) is 9. The second kappa shape index (κ2) is 10.7. The van der Waals surface area contributed by atoms with Gasteiger partial charge in [0.05, 0.1) is 27.1 Å². The average Bonchev–Trinajstić information content (AvgIpc) is 3.27. The van der Waals surface area contributed by atoms with E-state index < -0.39 is 11.9 Å². The first kappa shape index (κ1) is 23.2. The van der Waals surface area contributed by atoms with Crippen molar-refractivity contribution in [1.29, 1.82) is 0 Å². The number of nitrogens with one attached hydrogen (secondary N) is 1. The summed E-state index contributed by atoms with van der Waals surface area (Å²) in [5.41, 5.74) is 0.475. The highest BCUT2D eigenvalue weighted by molar-refractivity contribution is 7.99. The van der Waals surface area contributed by atoms with Crippen LogP contribution in [0.15, 0.2) is 46.0 Å². The Bertz CT molecular complexity index is 1050. The zero-order valence-corrected chi connectivity index (χ0v) is 18.7. The number of carbonyl (C=O) groups is 1. The van der Waals surface area contributed by atoms with Crippen LogP contribution < -0.4 is 24.3 Å². The number of thioether (sulfide) groups is 1. The molecule has 3 aromatic rings. The third-order valence-corrected chi connectivity index (χ3v) is 5.00. The van der Waals surface area contributed by atoms with Crippen molar-refractivity contribution in [3.63, 3.8) is 0 Å². The van der Waals surface area contributed by atoms with Gasteiger partial charge in [-0.2, -0.15) is 0 Å². The maximum Gasteiger partial charge on any atom is 0.277 e. The maximum atomic E-state index is 13.7. The van der Waals surface area contributed by atoms with Gasteiger partial charge >= 0.3 is 0 Å². The van der Waals surface area contributed by atoms with E-state index in [1.54, 1.807) is 31.2 Å². The van der Waals surface area contributed by atoms with Crippen molar-refractivity contribution >= 4 is 23.4 Å². The van der Waals surface area contributed by atoms with Crippen LogP contribution in [0.25, 0.3) is 0 Å². The Kier molecular flexibility index (Phi) is 7.77. The number of methoxy groups -OCH3 is 3. The third-order valence-electron chi connectivity index (χ3n) is 4.19. The number of ether oxygens (including phenoxy) is 4. The van der Waals surface area contributed by atoms with E-state index in [1.807, 2.05) is 0 Å². The average molecular weight is 463 g/mol. The highest BCUT2D eigenvalue weighted by Gasteiger charge is 2.19. The summed E-state index contributed by atoms with van der Waals surface area (Å²) in [4.78, 5) is 12.4. The lowest BCUT2D eigenvalue weighted by Gasteiger charge is -2.14. The molecule has 3 rings (SSSR count). The van der Waals surface area contributed by atoms with Gasteiger partial charge in [0.1, 0.15) is 0 Å². The van der Waals surface area contributed by atoms with Crippen LogP contribution in [0.3, 0.4) is 0 Å². The number of para-hydroxylation sites is 1. The van der Waals surface area contributed by atoms with Gasteiger partial charge < -0.3 is 28.7 Å². The molecule has 0 saturated heterocycles. The third kappa shape index (κ3) is 5.61. The Morgan fingerprint density at radius 1 is 1.09 bits per heavy atom. The molecule has 0 unspecified atom stereocenters. The Hall–Kier alpha value is -3.47. The highest BCUT2D eigenvalue weighted by Crippen LogP contribution is 2.40. The SMILES string of the molecule is COc1cc(NC(=O)CSc2nnc([C@H](C)Oc3ccccc3F)o2)cc(OC)c1OC. The molecule has 1 heterocycles. The second-order valence-corrected chi connectivity index (χ2v) is 7.27. The minimum Gasteiger partial charge on any atom is -0.493 e. The number of nitrogens with zero attached hydrogens (tertiary/aromatic N) is 2. The summed E-state index contributed by atoms with van der Waals surface area (Å²) in [5.74, 6) is 0.725. The van der Waals surface area contributed by atoms with Crippen LogP contribution in [0.5, 0.6) is 23.0 Å². The van der Waals surface area contributed by atoms with Gasteiger partial charge in [0, 0.05) is 17.8 Å². The fourth-order valence-corrected chi connectivity index (χ4v) is 3.27. The molecule has 1 N–H and O–H groups in total. The van der Waals surface area contributed by atoms with E-state index >= 15 is 0 Å². The first-order chi connectivity index (χ1) is 15.4. The van der Waals surface area contributed by atoms with Crippen LogP contribution in [0.4, 0.5) is 10.1 Å². The molecular formula is C21H22FN3O6S. The normalized spacial score (nSPS) is 11.5. The van der Waals surface area contributed by atoms with Crippen molar-refractivity contribution in [2.45, 2.75) is 18.3 Å². The number of carbonyl (C=O) groups excluding carboxylic acids is 1. The first-order valence-corrected chi connectivity index (χ1v) is 10.4. The number of halogens is 1. The van der Waals surface area contributed by atoms with Crippen molar-refractivity contribution in [2.24, 2.45) is 0 Å². The highest BCUT2D eigenvalue weighted by atomic mass is 32.2. The van der Waals surface area contributed by atoms with Gasteiger partial charge in [-0.3, -0.25) is 4.79 Å². The van der Waals surface area contributed by atoms with Gasteiger partial charge in [0.15, 0.2) is 29.2 Å². The lowest BCUT2D eigenvalue weighted by molar-refractivity contribution is -0.113. The maximum absolute atomic E-state index is 13.7. The molecule has 0 radical (unpaired) electrons. The van der Waals surface area contributed by atoms with Gasteiger partial charge in [0.2, 0.25) is 11.7 Å². The first-order valence-electron chi connectivity index (χ1n) is 9.42. The number of rotatable bonds is 10. The summed E-state index contributed by atoms with van der Waals surface area (Å²) in [5, 5.41) is 10.7. The molecule has 2 aromatic carbocycles. The predicted octanol–water partition coefficient (Wildman–Crippen LogP) is 4.11. The molecule has 0 fully saturated rings. The molecule has 0 aliphatic rings. The molecule has 9 nitrogen and oxygen atoms in total. The Morgan fingerprint density at radius 3 is 2.41 bits per heavy atom. The molecule has 32 heavy (non-hydrogen) atoms. The van der Waals surface area contributed by atoms with Crippen molar-refractivity contribution in [1.82, 2.24) is 10.2 Å². The van der Waals surface area contributed by atoms with E-state index in [0.717, 1.165) is 11.8 Å². The summed E-state index contributed by atoms with van der Waals surface area (Å²) in [6, 6.07) is 9.27. The van der Waals surface area contributed by atoms with Gasteiger partial charge in [-0.15, -0.1) is 10.2 Å².